The summed E-state index contributed by atoms with van der Waals surface area (Å²) in [5.74, 6) is 0.758. The van der Waals surface area contributed by atoms with E-state index in [-0.39, 0.29) is 17.5 Å². The number of hydrogen-bond acceptors (Lipinski definition) is 4. The molecule has 0 saturated heterocycles. The van der Waals surface area contributed by atoms with Crippen molar-refractivity contribution in [3.8, 4) is 11.3 Å². The van der Waals surface area contributed by atoms with Gasteiger partial charge in [0.25, 0.3) is 5.91 Å². The summed E-state index contributed by atoms with van der Waals surface area (Å²) in [5, 5.41) is 6.42. The summed E-state index contributed by atoms with van der Waals surface area (Å²) < 4.78 is 0. The number of aromatic nitrogens is 3. The zero-order valence-electron chi connectivity index (χ0n) is 16.4. The van der Waals surface area contributed by atoms with Crippen LogP contribution in [0.2, 0.25) is 0 Å². The highest BCUT2D eigenvalue weighted by Gasteiger charge is 2.25. The van der Waals surface area contributed by atoms with Crippen LogP contribution in [0.5, 0.6) is 0 Å². The van der Waals surface area contributed by atoms with Gasteiger partial charge in [-0.1, -0.05) is 12.1 Å². The van der Waals surface area contributed by atoms with E-state index in [0.29, 0.717) is 5.56 Å². The highest BCUT2D eigenvalue weighted by Crippen LogP contribution is 2.31. The number of aromatic amines is 1. The van der Waals surface area contributed by atoms with Crippen molar-refractivity contribution >= 4 is 22.8 Å². The largest absolute Gasteiger partial charge is 0.364 e. The van der Waals surface area contributed by atoms with Gasteiger partial charge in [0.2, 0.25) is 0 Å². The molecule has 0 bridgehead atoms. The molecule has 6 heteroatoms. The third-order valence-electron chi connectivity index (χ3n) is 4.68. The zero-order chi connectivity index (χ0) is 19.3. The Morgan fingerprint density at radius 2 is 1.96 bits per heavy atom. The lowest BCUT2D eigenvalue weighted by atomic mass is 10.0. The van der Waals surface area contributed by atoms with E-state index in [4.69, 9.17) is 9.97 Å². The minimum absolute atomic E-state index is 0.0245. The van der Waals surface area contributed by atoms with Crippen molar-refractivity contribution in [2.45, 2.75) is 52.6 Å². The number of benzene rings is 1. The van der Waals surface area contributed by atoms with E-state index < -0.39 is 0 Å². The van der Waals surface area contributed by atoms with Crippen LogP contribution in [0.25, 0.3) is 22.3 Å². The van der Waals surface area contributed by atoms with E-state index in [1.165, 1.54) is 0 Å². The molecule has 2 aromatic heterocycles. The molecule has 1 amide bonds. The van der Waals surface area contributed by atoms with E-state index in [1.807, 2.05) is 38.1 Å². The highest BCUT2D eigenvalue weighted by atomic mass is 16.1. The minimum Gasteiger partial charge on any atom is -0.364 e. The van der Waals surface area contributed by atoms with Crippen molar-refractivity contribution in [3.05, 3.63) is 41.2 Å². The molecule has 1 aliphatic heterocycles. The standard InChI is InChI=1S/C21H25N5O/c1-11-9-16-14(20(27)22-11)10-17(24-16)13-7-6-8-15-18(13)25-19(12(2)23-15)26-21(3,4)5/h6-8,10-11,24H,9H2,1-5H3,(H,22,27)(H,25,26)/t11-/m0/s1. The molecular formula is C21H25N5O. The molecule has 0 aliphatic carbocycles. The molecule has 1 aromatic carbocycles. The van der Waals surface area contributed by atoms with Crippen LogP contribution >= 0.6 is 0 Å². The lowest BCUT2D eigenvalue weighted by Crippen LogP contribution is -2.38. The van der Waals surface area contributed by atoms with Gasteiger partial charge in [0.1, 0.15) is 11.3 Å². The van der Waals surface area contributed by atoms with Crippen LogP contribution in [0.1, 0.15) is 49.4 Å². The molecule has 3 aromatic rings. The molecule has 0 saturated carbocycles. The van der Waals surface area contributed by atoms with Gasteiger partial charge >= 0.3 is 0 Å². The minimum atomic E-state index is -0.109. The second kappa shape index (κ2) is 6.08. The predicted octanol–water partition coefficient (Wildman–Crippen LogP) is 3.82. The average molecular weight is 363 g/mol. The molecule has 6 nitrogen and oxygen atoms in total. The van der Waals surface area contributed by atoms with Crippen LogP contribution in [0.3, 0.4) is 0 Å². The third-order valence-corrected chi connectivity index (χ3v) is 4.68. The maximum atomic E-state index is 12.3. The van der Waals surface area contributed by atoms with Crippen molar-refractivity contribution in [3.63, 3.8) is 0 Å². The Morgan fingerprint density at radius 3 is 2.70 bits per heavy atom. The smallest absolute Gasteiger partial charge is 0.253 e. The fourth-order valence-electron chi connectivity index (χ4n) is 3.52. The second-order valence-electron chi connectivity index (χ2n) is 8.36. The van der Waals surface area contributed by atoms with Crippen molar-refractivity contribution in [1.29, 1.82) is 0 Å². The molecule has 3 heterocycles. The number of nitrogens with zero attached hydrogens (tertiary/aromatic N) is 2. The molecule has 1 atom stereocenters. The first-order valence-electron chi connectivity index (χ1n) is 9.30. The molecule has 1 aliphatic rings. The van der Waals surface area contributed by atoms with Crippen LogP contribution in [-0.4, -0.2) is 32.4 Å². The van der Waals surface area contributed by atoms with Crippen LogP contribution in [0.4, 0.5) is 5.82 Å². The van der Waals surface area contributed by atoms with Crippen LogP contribution in [0.15, 0.2) is 24.3 Å². The van der Waals surface area contributed by atoms with Crippen LogP contribution < -0.4 is 10.6 Å². The van der Waals surface area contributed by atoms with E-state index in [0.717, 1.165) is 45.9 Å². The van der Waals surface area contributed by atoms with E-state index in [9.17, 15) is 4.79 Å². The number of hydrogen-bond donors (Lipinski definition) is 3. The first-order valence-corrected chi connectivity index (χ1v) is 9.30. The second-order valence-corrected chi connectivity index (χ2v) is 8.36. The van der Waals surface area contributed by atoms with Crippen molar-refractivity contribution in [2.75, 3.05) is 5.32 Å². The SMILES string of the molecule is Cc1nc2cccc(-c3cc4c([nH]3)C[C@H](C)NC4=O)c2nc1NC(C)(C)C. The summed E-state index contributed by atoms with van der Waals surface area (Å²) in [4.78, 5) is 25.3. The van der Waals surface area contributed by atoms with E-state index >= 15 is 0 Å². The number of carbonyl (C=O) groups is 1. The lowest BCUT2D eigenvalue weighted by molar-refractivity contribution is 0.0929. The topological polar surface area (TPSA) is 82.7 Å². The van der Waals surface area contributed by atoms with Gasteiger partial charge in [0, 0.05) is 35.0 Å². The molecule has 0 radical (unpaired) electrons. The molecule has 0 spiro atoms. The molecule has 0 fully saturated rings. The highest BCUT2D eigenvalue weighted by molar-refractivity contribution is 5.99. The van der Waals surface area contributed by atoms with Crippen molar-refractivity contribution < 1.29 is 4.79 Å². The number of amides is 1. The molecule has 4 rings (SSSR count). The van der Waals surface area contributed by atoms with Gasteiger partial charge in [0.15, 0.2) is 0 Å². The average Bonchev–Trinajstić information content (AvgIpc) is 2.98. The van der Waals surface area contributed by atoms with E-state index in [1.54, 1.807) is 0 Å². The Hall–Kier alpha value is -2.89. The Morgan fingerprint density at radius 1 is 1.19 bits per heavy atom. The maximum absolute atomic E-state index is 12.3. The summed E-state index contributed by atoms with van der Waals surface area (Å²) in [6, 6.07) is 8.02. The van der Waals surface area contributed by atoms with E-state index in [2.05, 4.69) is 36.4 Å². The first-order chi connectivity index (χ1) is 12.7. The fourth-order valence-corrected chi connectivity index (χ4v) is 3.52. The Bertz CT molecular complexity index is 1040. The summed E-state index contributed by atoms with van der Waals surface area (Å²) in [6.07, 6.45) is 0.799. The Labute approximate surface area is 158 Å². The number of para-hydroxylation sites is 1. The summed E-state index contributed by atoms with van der Waals surface area (Å²) in [7, 11) is 0. The van der Waals surface area contributed by atoms with Gasteiger partial charge in [-0.25, -0.2) is 9.97 Å². The fraction of sp³-hybridized carbons (Fsp3) is 0.381. The number of nitrogens with one attached hydrogen (secondary N) is 3. The van der Waals surface area contributed by atoms with Crippen molar-refractivity contribution in [2.24, 2.45) is 0 Å². The summed E-state index contributed by atoms with van der Waals surface area (Å²) in [6.45, 7) is 10.3. The maximum Gasteiger partial charge on any atom is 0.253 e. The number of anilines is 1. The van der Waals surface area contributed by atoms with Gasteiger partial charge in [-0.05, 0) is 46.8 Å². The number of fused-ring (bicyclic) bond motifs is 2. The molecule has 3 N–H and O–H groups in total. The predicted molar refractivity (Wildman–Crippen MR) is 108 cm³/mol. The number of aryl methyl sites for hydroxylation is 1. The van der Waals surface area contributed by atoms with Gasteiger partial charge in [-0.3, -0.25) is 4.79 Å². The van der Waals surface area contributed by atoms with Gasteiger partial charge in [0.05, 0.1) is 16.8 Å². The number of rotatable bonds is 2. The quantitative estimate of drug-likeness (QED) is 0.646. The van der Waals surface area contributed by atoms with Crippen LogP contribution in [-0.2, 0) is 6.42 Å². The van der Waals surface area contributed by atoms with Gasteiger partial charge < -0.3 is 15.6 Å². The number of H-pyrrole nitrogens is 1. The molecule has 140 valence electrons. The summed E-state index contributed by atoms with van der Waals surface area (Å²) in [5.41, 5.74) is 5.97. The first kappa shape index (κ1) is 17.5. The molecule has 0 unspecified atom stereocenters. The van der Waals surface area contributed by atoms with Gasteiger partial charge in [-0.2, -0.15) is 0 Å². The Kier molecular flexibility index (Phi) is 3.94. The lowest BCUT2D eigenvalue weighted by Gasteiger charge is -2.22. The monoisotopic (exact) mass is 363 g/mol. The Balaban J connectivity index is 1.86. The van der Waals surface area contributed by atoms with Crippen molar-refractivity contribution in [1.82, 2.24) is 20.3 Å². The summed E-state index contributed by atoms with van der Waals surface area (Å²) >= 11 is 0. The molecule has 27 heavy (non-hydrogen) atoms. The van der Waals surface area contributed by atoms with Crippen LogP contribution in [0, 0.1) is 6.92 Å². The third kappa shape index (κ3) is 3.27. The number of carbonyl (C=O) groups excluding carboxylic acids is 1. The van der Waals surface area contributed by atoms with Gasteiger partial charge in [-0.15, -0.1) is 0 Å². The normalized spacial score (nSPS) is 16.9. The zero-order valence-corrected chi connectivity index (χ0v) is 16.4. The molecular weight excluding hydrogens is 338 g/mol.